The largest absolute Gasteiger partial charge is 0.493 e. The highest BCUT2D eigenvalue weighted by Crippen LogP contribution is 2.29. The lowest BCUT2D eigenvalue weighted by Gasteiger charge is -2.20. The van der Waals surface area contributed by atoms with E-state index < -0.39 is 0 Å². The van der Waals surface area contributed by atoms with E-state index in [1.807, 2.05) is 0 Å². The Morgan fingerprint density at radius 1 is 1.21 bits per heavy atom. The third kappa shape index (κ3) is 5.15. The van der Waals surface area contributed by atoms with Gasteiger partial charge in [-0.3, -0.25) is 0 Å². The highest BCUT2D eigenvalue weighted by atomic mass is 79.9. The van der Waals surface area contributed by atoms with Crippen LogP contribution < -0.4 is 10.1 Å². The predicted octanol–water partition coefficient (Wildman–Crippen LogP) is 4.93. The second-order valence-electron chi connectivity index (χ2n) is 4.96. The van der Waals surface area contributed by atoms with Gasteiger partial charge >= 0.3 is 0 Å². The molecule has 0 radical (unpaired) electrons. The summed E-state index contributed by atoms with van der Waals surface area (Å²) in [6.07, 6.45) is 2.34. The Morgan fingerprint density at radius 2 is 1.89 bits per heavy atom. The van der Waals surface area contributed by atoms with Gasteiger partial charge in [0.2, 0.25) is 0 Å². The molecule has 0 amide bonds. The topological polar surface area (TPSA) is 21.3 Å². The Bertz CT molecular complexity index is 377. The molecule has 108 valence electrons. The molecule has 1 aromatic carbocycles. The summed E-state index contributed by atoms with van der Waals surface area (Å²) >= 11 is 3.53. The van der Waals surface area contributed by atoms with Crippen molar-refractivity contribution in [3.05, 3.63) is 28.2 Å². The molecule has 0 saturated carbocycles. The molecule has 2 nitrogen and oxygen atoms in total. The lowest BCUT2D eigenvalue weighted by atomic mass is 10.0. The highest BCUT2D eigenvalue weighted by molar-refractivity contribution is 9.10. The monoisotopic (exact) mass is 327 g/mol. The normalized spacial score (nSPS) is 12.7. The van der Waals surface area contributed by atoms with Crippen LogP contribution in [-0.2, 0) is 0 Å². The first-order valence-corrected chi connectivity index (χ1v) is 8.07. The van der Waals surface area contributed by atoms with Crippen LogP contribution in [0.15, 0.2) is 22.7 Å². The SMILES string of the molecule is CCNC(C)c1ccc(Br)cc1OCC(CC)CC. The molecule has 0 fully saturated rings. The van der Waals surface area contributed by atoms with Crippen LogP contribution in [0.1, 0.15) is 52.1 Å². The van der Waals surface area contributed by atoms with Crippen LogP contribution >= 0.6 is 15.9 Å². The van der Waals surface area contributed by atoms with E-state index in [0.717, 1.165) is 23.4 Å². The van der Waals surface area contributed by atoms with Gasteiger partial charge < -0.3 is 10.1 Å². The fourth-order valence-corrected chi connectivity index (χ4v) is 2.48. The van der Waals surface area contributed by atoms with Crippen molar-refractivity contribution in [2.24, 2.45) is 5.92 Å². The first-order chi connectivity index (χ1) is 9.12. The number of nitrogens with one attached hydrogen (secondary N) is 1. The summed E-state index contributed by atoms with van der Waals surface area (Å²) in [6.45, 7) is 10.5. The zero-order valence-electron chi connectivity index (χ0n) is 12.5. The van der Waals surface area contributed by atoms with E-state index in [2.05, 4.69) is 67.1 Å². The molecule has 1 aromatic rings. The maximum Gasteiger partial charge on any atom is 0.125 e. The molecular weight excluding hydrogens is 302 g/mol. The van der Waals surface area contributed by atoms with Crippen molar-refractivity contribution in [1.29, 1.82) is 0 Å². The van der Waals surface area contributed by atoms with Crippen LogP contribution in [0.25, 0.3) is 0 Å². The summed E-state index contributed by atoms with van der Waals surface area (Å²) in [5.41, 5.74) is 1.23. The maximum absolute atomic E-state index is 6.06. The Hall–Kier alpha value is -0.540. The van der Waals surface area contributed by atoms with E-state index >= 15 is 0 Å². The fourth-order valence-electron chi connectivity index (χ4n) is 2.14. The zero-order valence-corrected chi connectivity index (χ0v) is 14.1. The highest BCUT2D eigenvalue weighted by Gasteiger charge is 2.13. The van der Waals surface area contributed by atoms with E-state index in [4.69, 9.17) is 4.74 Å². The minimum Gasteiger partial charge on any atom is -0.493 e. The molecule has 0 saturated heterocycles. The molecule has 0 aromatic heterocycles. The molecule has 0 heterocycles. The first-order valence-electron chi connectivity index (χ1n) is 7.27. The van der Waals surface area contributed by atoms with Crippen molar-refractivity contribution in [2.75, 3.05) is 13.2 Å². The van der Waals surface area contributed by atoms with Crippen LogP contribution in [-0.4, -0.2) is 13.2 Å². The lowest BCUT2D eigenvalue weighted by molar-refractivity contribution is 0.237. The fraction of sp³-hybridized carbons (Fsp3) is 0.625. The quantitative estimate of drug-likeness (QED) is 0.730. The van der Waals surface area contributed by atoms with E-state index in [1.54, 1.807) is 0 Å². The third-order valence-corrected chi connectivity index (χ3v) is 4.07. The summed E-state index contributed by atoms with van der Waals surface area (Å²) in [5, 5.41) is 3.44. The Morgan fingerprint density at radius 3 is 2.47 bits per heavy atom. The van der Waals surface area contributed by atoms with E-state index in [0.29, 0.717) is 12.0 Å². The van der Waals surface area contributed by atoms with Crippen LogP contribution in [0.4, 0.5) is 0 Å². The number of hydrogen-bond donors (Lipinski definition) is 1. The van der Waals surface area contributed by atoms with Crippen molar-refractivity contribution in [1.82, 2.24) is 5.32 Å². The molecule has 0 bridgehead atoms. The second kappa shape index (κ2) is 8.60. The van der Waals surface area contributed by atoms with E-state index in [1.165, 1.54) is 18.4 Å². The summed E-state index contributed by atoms with van der Waals surface area (Å²) in [7, 11) is 0. The second-order valence-corrected chi connectivity index (χ2v) is 5.87. The van der Waals surface area contributed by atoms with Gasteiger partial charge in [-0.15, -0.1) is 0 Å². The van der Waals surface area contributed by atoms with Crippen LogP contribution in [0.2, 0.25) is 0 Å². The van der Waals surface area contributed by atoms with Gasteiger partial charge in [-0.05, 0) is 31.5 Å². The number of rotatable bonds is 8. The Balaban J connectivity index is 2.81. The Labute approximate surface area is 126 Å². The third-order valence-electron chi connectivity index (χ3n) is 3.58. The molecule has 0 spiro atoms. The maximum atomic E-state index is 6.06. The summed E-state index contributed by atoms with van der Waals surface area (Å²) in [5.74, 6) is 1.64. The van der Waals surface area contributed by atoms with Crippen molar-refractivity contribution in [3.8, 4) is 5.75 Å². The van der Waals surface area contributed by atoms with Gasteiger partial charge in [-0.2, -0.15) is 0 Å². The molecule has 1 atom stereocenters. The molecule has 1 rings (SSSR count). The summed E-state index contributed by atoms with van der Waals surface area (Å²) < 4.78 is 7.13. The average Bonchev–Trinajstić information content (AvgIpc) is 2.40. The van der Waals surface area contributed by atoms with Crippen molar-refractivity contribution < 1.29 is 4.74 Å². The van der Waals surface area contributed by atoms with Gasteiger partial charge in [0.05, 0.1) is 6.61 Å². The predicted molar refractivity (Wildman–Crippen MR) is 85.8 cm³/mol. The molecule has 1 N–H and O–H groups in total. The lowest BCUT2D eigenvalue weighted by Crippen LogP contribution is -2.19. The Kier molecular flexibility index (Phi) is 7.47. The average molecular weight is 328 g/mol. The van der Waals surface area contributed by atoms with E-state index in [-0.39, 0.29) is 0 Å². The summed E-state index contributed by atoms with van der Waals surface area (Å²) in [4.78, 5) is 0. The van der Waals surface area contributed by atoms with Crippen molar-refractivity contribution >= 4 is 15.9 Å². The molecule has 3 heteroatoms. The van der Waals surface area contributed by atoms with Crippen molar-refractivity contribution in [3.63, 3.8) is 0 Å². The van der Waals surface area contributed by atoms with Gasteiger partial charge in [0.15, 0.2) is 0 Å². The number of benzene rings is 1. The zero-order chi connectivity index (χ0) is 14.3. The van der Waals surface area contributed by atoms with Crippen LogP contribution in [0, 0.1) is 5.92 Å². The number of ether oxygens (including phenoxy) is 1. The van der Waals surface area contributed by atoms with Gasteiger partial charge in [0, 0.05) is 16.1 Å². The molecule has 0 aliphatic carbocycles. The molecule has 0 aliphatic heterocycles. The molecular formula is C16H26BrNO. The van der Waals surface area contributed by atoms with Crippen LogP contribution in [0.3, 0.4) is 0 Å². The first kappa shape index (κ1) is 16.5. The molecule has 0 aliphatic rings. The van der Waals surface area contributed by atoms with Gasteiger partial charge in [-0.1, -0.05) is 55.6 Å². The smallest absolute Gasteiger partial charge is 0.125 e. The minimum atomic E-state index is 0.315. The molecule has 19 heavy (non-hydrogen) atoms. The summed E-state index contributed by atoms with van der Waals surface area (Å²) in [6, 6.07) is 6.60. The molecule has 1 unspecified atom stereocenters. The van der Waals surface area contributed by atoms with Crippen LogP contribution in [0.5, 0.6) is 5.75 Å². The van der Waals surface area contributed by atoms with Gasteiger partial charge in [0.1, 0.15) is 5.75 Å². The van der Waals surface area contributed by atoms with Gasteiger partial charge in [-0.25, -0.2) is 0 Å². The number of halogens is 1. The van der Waals surface area contributed by atoms with Gasteiger partial charge in [0.25, 0.3) is 0 Å². The van der Waals surface area contributed by atoms with E-state index in [9.17, 15) is 0 Å². The number of hydrogen-bond acceptors (Lipinski definition) is 2. The minimum absolute atomic E-state index is 0.315. The van der Waals surface area contributed by atoms with Crippen molar-refractivity contribution in [2.45, 2.75) is 46.6 Å². The standard InChI is InChI=1S/C16H26BrNO/c1-5-13(6-2)11-19-16-10-14(17)8-9-15(16)12(4)18-7-3/h8-10,12-13,18H,5-7,11H2,1-4H3.